The van der Waals surface area contributed by atoms with Crippen LogP contribution in [0.15, 0.2) is 75.9 Å². The van der Waals surface area contributed by atoms with Crippen LogP contribution in [-0.2, 0) is 4.79 Å². The molecule has 1 amide bonds. The van der Waals surface area contributed by atoms with Crippen LogP contribution < -0.4 is 5.73 Å². The van der Waals surface area contributed by atoms with Crippen molar-refractivity contribution in [2.24, 2.45) is 5.73 Å². The molecule has 0 aliphatic carbocycles. The summed E-state index contributed by atoms with van der Waals surface area (Å²) in [5.74, 6) is -0.190. The number of allylic oxidation sites excluding steroid dienone is 6. The number of hydrogen-bond acceptors (Lipinski definition) is 1. The van der Waals surface area contributed by atoms with Gasteiger partial charge in [0, 0.05) is 5.16 Å². The SMILES string of the molecule is C=CC[Si](CC=C)(CC=C)C(C(N)=O)[Si](CC=C)(CC=C)CC=C. The molecule has 0 radical (unpaired) electrons. The van der Waals surface area contributed by atoms with Crippen LogP contribution >= 0.6 is 0 Å². The number of hydrogen-bond donors (Lipinski definition) is 1. The third-order valence-corrected chi connectivity index (χ3v) is 18.1. The molecule has 0 spiro atoms. The normalized spacial score (nSPS) is 11.5. The van der Waals surface area contributed by atoms with Gasteiger partial charge in [0.2, 0.25) is 5.91 Å². The molecule has 0 atom stereocenters. The topological polar surface area (TPSA) is 43.1 Å². The van der Waals surface area contributed by atoms with Crippen molar-refractivity contribution < 1.29 is 4.79 Å². The third kappa shape index (κ3) is 5.18. The molecule has 0 saturated heterocycles. The Bertz CT molecular complexity index is 405. The lowest BCUT2D eigenvalue weighted by Gasteiger charge is -2.46. The minimum absolute atomic E-state index is 0.118. The molecule has 0 aliphatic heterocycles. The summed E-state index contributed by atoms with van der Waals surface area (Å²) in [6.07, 6.45) is 11.6. The van der Waals surface area contributed by atoms with E-state index in [1.165, 1.54) is 0 Å². The lowest BCUT2D eigenvalue weighted by Crippen LogP contribution is -2.58. The molecule has 0 bridgehead atoms. The Morgan fingerprint density at radius 3 is 1.00 bits per heavy atom. The summed E-state index contributed by atoms with van der Waals surface area (Å²) in [6, 6.07) is 4.99. The highest BCUT2D eigenvalue weighted by atomic mass is 28.4. The van der Waals surface area contributed by atoms with Crippen LogP contribution in [0.3, 0.4) is 0 Å². The van der Waals surface area contributed by atoms with Gasteiger partial charge in [-0.15, -0.1) is 39.5 Å². The maximum Gasteiger partial charge on any atom is 0.215 e. The average molecular weight is 360 g/mol. The van der Waals surface area contributed by atoms with Crippen LogP contribution in [0.25, 0.3) is 0 Å². The van der Waals surface area contributed by atoms with Crippen molar-refractivity contribution >= 4 is 22.1 Å². The van der Waals surface area contributed by atoms with E-state index < -0.39 is 16.1 Å². The van der Waals surface area contributed by atoms with Crippen LogP contribution in [0.2, 0.25) is 41.4 Å². The molecule has 0 rings (SSSR count). The molecule has 0 aromatic carbocycles. The lowest BCUT2D eigenvalue weighted by molar-refractivity contribution is -0.116. The van der Waals surface area contributed by atoms with E-state index in [1.54, 1.807) is 0 Å². The zero-order valence-corrected chi connectivity index (χ0v) is 17.0. The predicted octanol–water partition coefficient (Wildman–Crippen LogP) is 5.39. The first-order valence-electron chi connectivity index (χ1n) is 8.38. The van der Waals surface area contributed by atoms with Gasteiger partial charge in [0.05, 0.1) is 16.1 Å². The van der Waals surface area contributed by atoms with Crippen LogP contribution in [0.1, 0.15) is 0 Å². The van der Waals surface area contributed by atoms with Gasteiger partial charge >= 0.3 is 0 Å². The van der Waals surface area contributed by atoms with Gasteiger partial charge in [-0.25, -0.2) is 0 Å². The molecule has 2 nitrogen and oxygen atoms in total. The van der Waals surface area contributed by atoms with Crippen LogP contribution in [-0.4, -0.2) is 22.1 Å². The molecule has 0 aromatic rings. The van der Waals surface area contributed by atoms with Gasteiger partial charge < -0.3 is 5.73 Å². The number of nitrogens with two attached hydrogens (primary N) is 1. The fraction of sp³-hybridized carbons (Fsp3) is 0.350. The summed E-state index contributed by atoms with van der Waals surface area (Å²) in [6.45, 7) is 23.6. The second-order valence-electron chi connectivity index (χ2n) is 6.52. The molecule has 0 saturated carbocycles. The number of primary amides is 1. The fourth-order valence-electron chi connectivity index (χ4n) is 4.18. The van der Waals surface area contributed by atoms with E-state index in [0.717, 1.165) is 36.3 Å². The van der Waals surface area contributed by atoms with Crippen molar-refractivity contribution in [2.45, 2.75) is 41.4 Å². The molecule has 0 fully saturated rings. The second-order valence-corrected chi connectivity index (χ2v) is 16.1. The molecule has 0 unspecified atom stereocenters. The Hall–Kier alpha value is -1.66. The highest BCUT2D eigenvalue weighted by Gasteiger charge is 2.53. The molecule has 2 N–H and O–H groups in total. The number of carbonyl (C=O) groups is 1. The van der Waals surface area contributed by atoms with Gasteiger partial charge in [-0.3, -0.25) is 4.79 Å². The minimum atomic E-state index is -2.15. The van der Waals surface area contributed by atoms with E-state index in [9.17, 15) is 4.79 Å². The van der Waals surface area contributed by atoms with Crippen LogP contribution in [0.5, 0.6) is 0 Å². The highest BCUT2D eigenvalue weighted by molar-refractivity contribution is 7.03. The molecule has 0 aliphatic rings. The second kappa shape index (κ2) is 11.0. The smallest absolute Gasteiger partial charge is 0.215 e. The van der Waals surface area contributed by atoms with Crippen molar-refractivity contribution in [2.75, 3.05) is 0 Å². The molecule has 4 heteroatoms. The molecular weight excluding hydrogens is 326 g/mol. The first-order valence-corrected chi connectivity index (χ1v) is 13.8. The first kappa shape index (κ1) is 22.3. The Kier molecular flexibility index (Phi) is 10.2. The minimum Gasteiger partial charge on any atom is -0.370 e. The summed E-state index contributed by atoms with van der Waals surface area (Å²) in [5.41, 5.74) is 6.02. The Labute approximate surface area is 150 Å². The van der Waals surface area contributed by atoms with E-state index in [0.29, 0.717) is 0 Å². The number of rotatable bonds is 15. The predicted molar refractivity (Wildman–Crippen MR) is 114 cm³/mol. The third-order valence-electron chi connectivity index (χ3n) is 4.81. The van der Waals surface area contributed by atoms with Crippen molar-refractivity contribution in [3.63, 3.8) is 0 Å². The molecule has 24 heavy (non-hydrogen) atoms. The van der Waals surface area contributed by atoms with E-state index in [-0.39, 0.29) is 11.1 Å². The van der Waals surface area contributed by atoms with Gasteiger partial charge in [-0.05, 0) is 36.3 Å². The highest BCUT2D eigenvalue weighted by Crippen LogP contribution is 2.46. The zero-order valence-electron chi connectivity index (χ0n) is 15.0. The maximum atomic E-state index is 12.7. The van der Waals surface area contributed by atoms with Gasteiger partial charge in [0.1, 0.15) is 0 Å². The Morgan fingerprint density at radius 1 is 0.667 bits per heavy atom. The van der Waals surface area contributed by atoms with E-state index in [1.807, 2.05) is 36.5 Å². The average Bonchev–Trinajstić information content (AvgIpc) is 2.48. The summed E-state index contributed by atoms with van der Waals surface area (Å²) in [7, 11) is -4.29. The zero-order chi connectivity index (χ0) is 18.6. The van der Waals surface area contributed by atoms with Crippen molar-refractivity contribution in [1.82, 2.24) is 0 Å². The Balaban J connectivity index is 6.52. The van der Waals surface area contributed by atoms with Gasteiger partial charge in [0.15, 0.2) is 0 Å². The summed E-state index contributed by atoms with van der Waals surface area (Å²) < 4.78 is 0. The van der Waals surface area contributed by atoms with Crippen molar-refractivity contribution in [1.29, 1.82) is 0 Å². The standard InChI is InChI=1S/C20H33NOSi2/c1-7-13-23(14-8-2,15-9-3)20(19(21)22)24(16-10-4,17-11-5)18-12-6/h7-12,20H,1-6,13-18H2,(H2,21,22). The molecule has 0 heterocycles. The molecular formula is C20H33NOSi2. The van der Waals surface area contributed by atoms with Crippen molar-refractivity contribution in [3.05, 3.63) is 75.9 Å². The molecule has 0 aromatic heterocycles. The van der Waals surface area contributed by atoms with Crippen LogP contribution in [0.4, 0.5) is 0 Å². The van der Waals surface area contributed by atoms with Crippen LogP contribution in [0, 0.1) is 0 Å². The van der Waals surface area contributed by atoms with Crippen molar-refractivity contribution in [3.8, 4) is 0 Å². The lowest BCUT2D eigenvalue weighted by atomic mass is 10.7. The van der Waals surface area contributed by atoms with Gasteiger partial charge in [-0.1, -0.05) is 36.5 Å². The van der Waals surface area contributed by atoms with E-state index in [2.05, 4.69) is 39.5 Å². The summed E-state index contributed by atoms with van der Waals surface area (Å²) >= 11 is 0. The largest absolute Gasteiger partial charge is 0.370 e. The van der Waals surface area contributed by atoms with Gasteiger partial charge in [-0.2, -0.15) is 0 Å². The number of carbonyl (C=O) groups excluding carboxylic acids is 1. The number of amides is 1. The summed E-state index contributed by atoms with van der Waals surface area (Å²) in [4.78, 5) is 12.7. The Morgan fingerprint density at radius 2 is 0.875 bits per heavy atom. The summed E-state index contributed by atoms with van der Waals surface area (Å²) in [5, 5.41) is -0.118. The van der Waals surface area contributed by atoms with Gasteiger partial charge in [0.25, 0.3) is 0 Å². The molecule has 132 valence electrons. The fourth-order valence-corrected chi connectivity index (χ4v) is 18.6. The maximum absolute atomic E-state index is 12.7. The quantitative estimate of drug-likeness (QED) is 0.309. The van der Waals surface area contributed by atoms with E-state index in [4.69, 9.17) is 5.73 Å². The van der Waals surface area contributed by atoms with E-state index >= 15 is 0 Å². The monoisotopic (exact) mass is 359 g/mol. The first-order chi connectivity index (χ1) is 11.4.